The largest absolute Gasteiger partial charge is 0.492 e. The molecule has 0 unspecified atom stereocenters. The summed E-state index contributed by atoms with van der Waals surface area (Å²) >= 11 is 6.18. The summed E-state index contributed by atoms with van der Waals surface area (Å²) in [5.74, 6) is 2.61. The summed E-state index contributed by atoms with van der Waals surface area (Å²) in [4.78, 5) is 26.3. The Labute approximate surface area is 317 Å². The number of carbonyl (C=O) groups excluding carboxylic acids is 1. The van der Waals surface area contributed by atoms with E-state index in [-0.39, 0.29) is 18.3 Å². The number of halogens is 2. The van der Waals surface area contributed by atoms with Crippen molar-refractivity contribution in [3.8, 4) is 23.1 Å². The van der Waals surface area contributed by atoms with Crippen LogP contribution in [0.4, 0.5) is 0 Å². The van der Waals surface area contributed by atoms with Crippen molar-refractivity contribution < 1.29 is 19.0 Å². The highest BCUT2D eigenvalue weighted by molar-refractivity contribution is 6.32. The van der Waals surface area contributed by atoms with Crippen LogP contribution in [0.2, 0.25) is 5.02 Å². The van der Waals surface area contributed by atoms with Crippen molar-refractivity contribution >= 4 is 36.0 Å². The minimum absolute atomic E-state index is 0. The zero-order valence-corrected chi connectivity index (χ0v) is 31.3. The molecule has 0 saturated carbocycles. The Bertz CT molecular complexity index is 1940. The number of hydrogen-bond donors (Lipinski definition) is 0. The van der Waals surface area contributed by atoms with Gasteiger partial charge in [-0.2, -0.15) is 0 Å². The maximum Gasteiger partial charge on any atom is 0.246 e. The number of nitrogens with zero attached hydrogens (tertiary/aromatic N) is 4. The first-order valence-corrected chi connectivity index (χ1v) is 17.6. The van der Waals surface area contributed by atoms with Crippen molar-refractivity contribution in [1.82, 2.24) is 19.8 Å². The first-order chi connectivity index (χ1) is 24.8. The van der Waals surface area contributed by atoms with Gasteiger partial charge in [-0.25, -0.2) is 4.98 Å². The van der Waals surface area contributed by atoms with E-state index in [1.165, 1.54) is 11.1 Å². The number of hydrogen-bond acceptors (Lipinski definition) is 7. The molecule has 0 atom stereocenters. The molecule has 0 N–H and O–H groups in total. The number of piperazine rings is 1. The molecule has 3 heterocycles. The second-order valence-electron chi connectivity index (χ2n) is 12.8. The van der Waals surface area contributed by atoms with E-state index in [0.29, 0.717) is 48.7 Å². The van der Waals surface area contributed by atoms with Gasteiger partial charge in [0.05, 0.1) is 23.5 Å². The van der Waals surface area contributed by atoms with E-state index >= 15 is 0 Å². The van der Waals surface area contributed by atoms with Gasteiger partial charge in [0.1, 0.15) is 23.9 Å². The van der Waals surface area contributed by atoms with E-state index in [4.69, 9.17) is 25.8 Å². The van der Waals surface area contributed by atoms with Gasteiger partial charge in [0.15, 0.2) is 0 Å². The average molecular weight is 740 g/mol. The van der Waals surface area contributed by atoms with Crippen molar-refractivity contribution in [2.75, 3.05) is 32.8 Å². The molecule has 8 nitrogen and oxygen atoms in total. The van der Waals surface area contributed by atoms with Crippen molar-refractivity contribution in [3.63, 3.8) is 0 Å². The van der Waals surface area contributed by atoms with Gasteiger partial charge in [0, 0.05) is 57.0 Å². The maximum atomic E-state index is 13.1. The SMILES string of the molecule is Cc1cccc(COc2ccc(Oc3c(C)cc(/C=C/C(=O)N4CCN(Cc5ccc(CCOc6ccccc6Cl)cc5)CC4)cc3C)nc2)n1.Cl. The van der Waals surface area contributed by atoms with Crippen LogP contribution in [0.3, 0.4) is 0 Å². The number of aromatic nitrogens is 2. The Morgan fingerprint density at radius 3 is 2.27 bits per heavy atom. The zero-order valence-electron chi connectivity index (χ0n) is 29.8. The van der Waals surface area contributed by atoms with Gasteiger partial charge in [-0.1, -0.05) is 54.1 Å². The molecule has 5 aromatic rings. The molecule has 6 rings (SSSR count). The Morgan fingerprint density at radius 2 is 1.58 bits per heavy atom. The summed E-state index contributed by atoms with van der Waals surface area (Å²) in [5.41, 5.74) is 7.17. The van der Waals surface area contributed by atoms with Crippen molar-refractivity contribution in [2.24, 2.45) is 0 Å². The van der Waals surface area contributed by atoms with Crippen LogP contribution < -0.4 is 14.2 Å². The zero-order chi connectivity index (χ0) is 35.6. The number of amides is 1. The highest BCUT2D eigenvalue weighted by Crippen LogP contribution is 2.30. The molecule has 270 valence electrons. The Kier molecular flexibility index (Phi) is 13.7. The minimum Gasteiger partial charge on any atom is -0.492 e. The summed E-state index contributed by atoms with van der Waals surface area (Å²) in [6, 6.07) is 29.7. The second-order valence-corrected chi connectivity index (χ2v) is 13.2. The number of para-hydroxylation sites is 1. The summed E-state index contributed by atoms with van der Waals surface area (Å²) in [5, 5.41) is 0.629. The smallest absolute Gasteiger partial charge is 0.246 e. The Hall–Kier alpha value is -4.89. The van der Waals surface area contributed by atoms with E-state index in [9.17, 15) is 4.79 Å². The lowest BCUT2D eigenvalue weighted by Crippen LogP contribution is -2.47. The van der Waals surface area contributed by atoms with E-state index in [1.54, 1.807) is 18.3 Å². The average Bonchev–Trinajstić information content (AvgIpc) is 3.13. The first kappa shape index (κ1) is 38.3. The van der Waals surface area contributed by atoms with Crippen LogP contribution >= 0.6 is 24.0 Å². The highest BCUT2D eigenvalue weighted by atomic mass is 35.5. The van der Waals surface area contributed by atoms with Crippen molar-refractivity contribution in [3.05, 3.63) is 147 Å². The quantitative estimate of drug-likeness (QED) is 0.112. The summed E-state index contributed by atoms with van der Waals surface area (Å²) < 4.78 is 17.8. The third-order valence-electron chi connectivity index (χ3n) is 8.75. The van der Waals surface area contributed by atoms with Crippen LogP contribution in [-0.4, -0.2) is 58.5 Å². The van der Waals surface area contributed by atoms with E-state index in [1.807, 2.05) is 92.4 Å². The molecule has 0 spiro atoms. The molecule has 1 aliphatic rings. The molecule has 10 heteroatoms. The Morgan fingerprint density at radius 1 is 0.846 bits per heavy atom. The van der Waals surface area contributed by atoms with Crippen LogP contribution in [0.25, 0.3) is 6.08 Å². The summed E-state index contributed by atoms with van der Waals surface area (Å²) in [7, 11) is 0. The number of benzene rings is 3. The fourth-order valence-corrected chi connectivity index (χ4v) is 6.19. The van der Waals surface area contributed by atoms with Crippen molar-refractivity contribution in [2.45, 2.75) is 40.3 Å². The second kappa shape index (κ2) is 18.6. The predicted octanol–water partition coefficient (Wildman–Crippen LogP) is 8.83. The molecular formula is C42H44Cl2N4O4. The first-order valence-electron chi connectivity index (χ1n) is 17.2. The van der Waals surface area contributed by atoms with Crippen LogP contribution in [0.5, 0.6) is 23.1 Å². The lowest BCUT2D eigenvalue weighted by atomic mass is 10.1. The number of rotatable bonds is 13. The van der Waals surface area contributed by atoms with Crippen molar-refractivity contribution in [1.29, 1.82) is 0 Å². The molecule has 1 amide bonds. The lowest BCUT2D eigenvalue weighted by molar-refractivity contribution is -0.127. The number of aryl methyl sites for hydroxylation is 3. The molecule has 52 heavy (non-hydrogen) atoms. The van der Waals surface area contributed by atoms with Crippen LogP contribution in [-0.2, 0) is 24.4 Å². The third-order valence-corrected chi connectivity index (χ3v) is 9.06. The van der Waals surface area contributed by atoms with Gasteiger partial charge in [0.2, 0.25) is 11.8 Å². The molecule has 0 aliphatic carbocycles. The van der Waals surface area contributed by atoms with Crippen LogP contribution in [0, 0.1) is 20.8 Å². The number of pyridine rings is 2. The fourth-order valence-electron chi connectivity index (χ4n) is 6.00. The van der Waals surface area contributed by atoms with Gasteiger partial charge in [-0.15, -0.1) is 12.4 Å². The van der Waals surface area contributed by atoms with Gasteiger partial charge < -0.3 is 19.1 Å². The maximum absolute atomic E-state index is 13.1. The van der Waals surface area contributed by atoms with Crippen LogP contribution in [0.15, 0.2) is 103 Å². The lowest BCUT2D eigenvalue weighted by Gasteiger charge is -2.34. The highest BCUT2D eigenvalue weighted by Gasteiger charge is 2.20. The fraction of sp³-hybridized carbons (Fsp3) is 0.262. The molecule has 1 saturated heterocycles. The molecule has 1 fully saturated rings. The van der Waals surface area contributed by atoms with Crippen LogP contribution in [0.1, 0.15) is 39.2 Å². The number of ether oxygens (including phenoxy) is 3. The van der Waals surface area contributed by atoms with E-state index in [2.05, 4.69) is 39.1 Å². The standard InChI is InChI=1S/C42H43ClN4O4.ClH/c1-30-25-35(26-31(2)42(30)51-40-17-16-37(27-44-40)50-29-36-8-6-7-32(3)45-36)15-18-41(48)47-22-20-46(21-23-47)28-34-13-11-33(12-14-34)19-24-49-39-10-5-4-9-38(39)43;/h4-18,25-27H,19-24,28-29H2,1-3H3;1H/b18-15+;. The molecule has 1 aliphatic heterocycles. The topological polar surface area (TPSA) is 77.0 Å². The summed E-state index contributed by atoms with van der Waals surface area (Å²) in [6.45, 7) is 10.8. The normalized spacial score (nSPS) is 13.1. The molecular weight excluding hydrogens is 695 g/mol. The minimum atomic E-state index is 0. The van der Waals surface area contributed by atoms with Gasteiger partial charge in [-0.3, -0.25) is 14.7 Å². The Balaban J connectivity index is 0.00000523. The van der Waals surface area contributed by atoms with E-state index in [0.717, 1.165) is 59.9 Å². The predicted molar refractivity (Wildman–Crippen MR) is 209 cm³/mol. The molecule has 2 aromatic heterocycles. The third kappa shape index (κ3) is 10.8. The summed E-state index contributed by atoms with van der Waals surface area (Å²) in [6.07, 6.45) is 6.02. The van der Waals surface area contributed by atoms with E-state index < -0.39 is 0 Å². The molecule has 0 bridgehead atoms. The molecule has 0 radical (unpaired) electrons. The molecule has 3 aromatic carbocycles. The number of carbonyl (C=O) groups is 1. The van der Waals surface area contributed by atoms with Gasteiger partial charge in [0.25, 0.3) is 0 Å². The monoisotopic (exact) mass is 738 g/mol. The van der Waals surface area contributed by atoms with Gasteiger partial charge in [-0.05, 0) is 97.1 Å². The van der Waals surface area contributed by atoms with Gasteiger partial charge >= 0.3 is 0 Å².